The smallest absolute Gasteiger partial charge is 0.259 e. The van der Waals surface area contributed by atoms with Crippen LogP contribution in [0.25, 0.3) is 0 Å². The van der Waals surface area contributed by atoms with Gasteiger partial charge in [0.15, 0.2) is 5.16 Å². The van der Waals surface area contributed by atoms with Gasteiger partial charge >= 0.3 is 0 Å². The molecule has 7 heteroatoms. The summed E-state index contributed by atoms with van der Waals surface area (Å²) in [5.41, 5.74) is 8.21. The molecule has 2 aromatic rings. The van der Waals surface area contributed by atoms with Crippen LogP contribution >= 0.6 is 11.8 Å². The number of fused-ring (bicyclic) bond motifs is 1. The number of hydrogen-bond donors (Lipinski definition) is 1. The number of aromatic nitrogens is 2. The number of amides is 1. The third kappa shape index (κ3) is 3.10. The molecule has 0 saturated heterocycles. The maximum Gasteiger partial charge on any atom is 0.259 e. The summed E-state index contributed by atoms with van der Waals surface area (Å²) in [5.74, 6) is 0.960. The van der Waals surface area contributed by atoms with Crippen molar-refractivity contribution in [2.24, 2.45) is 0 Å². The van der Waals surface area contributed by atoms with E-state index in [1.165, 1.54) is 11.8 Å². The average molecular weight is 330 g/mol. The molecule has 0 saturated carbocycles. The fourth-order valence-corrected chi connectivity index (χ4v) is 3.00. The summed E-state index contributed by atoms with van der Waals surface area (Å²) < 4.78 is 5.15. The second-order valence-corrected chi connectivity index (χ2v) is 6.02. The van der Waals surface area contributed by atoms with Gasteiger partial charge in [0.25, 0.3) is 5.91 Å². The van der Waals surface area contributed by atoms with Gasteiger partial charge in [-0.3, -0.25) is 4.79 Å². The maximum absolute atomic E-state index is 12.7. The van der Waals surface area contributed by atoms with Gasteiger partial charge in [-0.1, -0.05) is 23.9 Å². The standard InChI is InChI=1S/C16H18N4O2S/c1-22-11-5-3-10(4-6-11)9-20-8-7-12-13(15(20)21)14(17)19-16(18-12)23-2/h3-6H,7-9H2,1-2H3,(H2,17,18,19). The molecule has 1 amide bonds. The number of benzene rings is 1. The number of methoxy groups -OCH3 is 1. The minimum absolute atomic E-state index is 0.104. The molecule has 1 aliphatic rings. The highest BCUT2D eigenvalue weighted by Crippen LogP contribution is 2.25. The Morgan fingerprint density at radius 1 is 1.30 bits per heavy atom. The molecule has 0 aliphatic carbocycles. The summed E-state index contributed by atoms with van der Waals surface area (Å²) in [5, 5.41) is 0.609. The van der Waals surface area contributed by atoms with Crippen molar-refractivity contribution in [3.63, 3.8) is 0 Å². The van der Waals surface area contributed by atoms with Crippen molar-refractivity contribution < 1.29 is 9.53 Å². The summed E-state index contributed by atoms with van der Waals surface area (Å²) in [6.07, 6.45) is 2.58. The molecule has 0 atom stereocenters. The van der Waals surface area contributed by atoms with Crippen LogP contribution < -0.4 is 10.5 Å². The molecule has 0 unspecified atom stereocenters. The Hall–Kier alpha value is -2.28. The van der Waals surface area contributed by atoms with Gasteiger partial charge in [0.2, 0.25) is 0 Å². The molecule has 3 rings (SSSR count). The highest BCUT2D eigenvalue weighted by Gasteiger charge is 2.29. The number of nitrogens with zero attached hydrogens (tertiary/aromatic N) is 3. The fraction of sp³-hybridized carbons (Fsp3) is 0.312. The lowest BCUT2D eigenvalue weighted by atomic mass is 10.0. The zero-order chi connectivity index (χ0) is 16.4. The van der Waals surface area contributed by atoms with E-state index < -0.39 is 0 Å². The summed E-state index contributed by atoms with van der Waals surface area (Å²) in [6.45, 7) is 1.16. The number of rotatable bonds is 4. The Morgan fingerprint density at radius 3 is 2.70 bits per heavy atom. The van der Waals surface area contributed by atoms with Gasteiger partial charge in [-0.2, -0.15) is 0 Å². The van der Waals surface area contributed by atoms with Crippen molar-refractivity contribution in [1.82, 2.24) is 14.9 Å². The van der Waals surface area contributed by atoms with Crippen LogP contribution in [0.3, 0.4) is 0 Å². The SMILES string of the molecule is COc1ccc(CN2CCc3nc(SC)nc(N)c3C2=O)cc1. The normalized spacial score (nSPS) is 13.8. The molecule has 0 spiro atoms. The number of anilines is 1. The fourth-order valence-electron chi connectivity index (χ4n) is 2.61. The van der Waals surface area contributed by atoms with E-state index >= 15 is 0 Å². The highest BCUT2D eigenvalue weighted by molar-refractivity contribution is 7.98. The molecule has 120 valence electrons. The summed E-state index contributed by atoms with van der Waals surface area (Å²) in [6, 6.07) is 7.69. The Kier molecular flexibility index (Phi) is 4.38. The third-order valence-corrected chi connectivity index (χ3v) is 4.37. The van der Waals surface area contributed by atoms with Crippen LogP contribution in [-0.2, 0) is 13.0 Å². The Bertz CT molecular complexity index is 734. The third-order valence-electron chi connectivity index (χ3n) is 3.83. The van der Waals surface area contributed by atoms with Gasteiger partial charge in [0.1, 0.15) is 17.1 Å². The monoisotopic (exact) mass is 330 g/mol. The van der Waals surface area contributed by atoms with Gasteiger partial charge < -0.3 is 15.4 Å². The van der Waals surface area contributed by atoms with E-state index in [0.29, 0.717) is 30.2 Å². The summed E-state index contributed by atoms with van der Waals surface area (Å²) in [7, 11) is 1.63. The first kappa shape index (κ1) is 15.6. The maximum atomic E-state index is 12.7. The van der Waals surface area contributed by atoms with Crippen LogP contribution in [-0.4, -0.2) is 40.7 Å². The Morgan fingerprint density at radius 2 is 2.04 bits per heavy atom. The Labute approximate surface area is 139 Å². The first-order chi connectivity index (χ1) is 11.1. The van der Waals surface area contributed by atoms with E-state index in [-0.39, 0.29) is 11.7 Å². The van der Waals surface area contributed by atoms with Gasteiger partial charge in [-0.25, -0.2) is 9.97 Å². The van der Waals surface area contributed by atoms with E-state index in [1.54, 1.807) is 12.0 Å². The minimum atomic E-state index is -0.104. The van der Waals surface area contributed by atoms with Crippen molar-refractivity contribution in [2.45, 2.75) is 18.1 Å². The lowest BCUT2D eigenvalue weighted by Crippen LogP contribution is -2.38. The van der Waals surface area contributed by atoms with Crippen molar-refractivity contribution >= 4 is 23.5 Å². The number of thioether (sulfide) groups is 1. The number of carbonyl (C=O) groups excluding carboxylic acids is 1. The molecule has 6 nitrogen and oxygen atoms in total. The van der Waals surface area contributed by atoms with Crippen LogP contribution in [0.5, 0.6) is 5.75 Å². The van der Waals surface area contributed by atoms with Crippen molar-refractivity contribution in [1.29, 1.82) is 0 Å². The van der Waals surface area contributed by atoms with Crippen LogP contribution in [0, 0.1) is 0 Å². The van der Waals surface area contributed by atoms with E-state index in [0.717, 1.165) is 17.0 Å². The second kappa shape index (κ2) is 6.45. The molecule has 2 N–H and O–H groups in total. The van der Waals surface area contributed by atoms with E-state index in [4.69, 9.17) is 10.5 Å². The van der Waals surface area contributed by atoms with Crippen LogP contribution in [0.1, 0.15) is 21.6 Å². The van der Waals surface area contributed by atoms with Crippen LogP contribution in [0.4, 0.5) is 5.82 Å². The molecule has 0 bridgehead atoms. The average Bonchev–Trinajstić information content (AvgIpc) is 2.57. The van der Waals surface area contributed by atoms with Gasteiger partial charge in [0, 0.05) is 19.5 Å². The number of ether oxygens (including phenoxy) is 1. The molecular weight excluding hydrogens is 312 g/mol. The van der Waals surface area contributed by atoms with E-state index in [2.05, 4.69) is 9.97 Å². The summed E-state index contributed by atoms with van der Waals surface area (Å²) in [4.78, 5) is 23.1. The quantitative estimate of drug-likeness (QED) is 0.682. The molecule has 2 heterocycles. The molecule has 1 aliphatic heterocycles. The predicted octanol–water partition coefficient (Wildman–Crippen LogP) is 1.99. The molecule has 23 heavy (non-hydrogen) atoms. The van der Waals surface area contributed by atoms with Crippen LogP contribution in [0.2, 0.25) is 0 Å². The zero-order valence-corrected chi connectivity index (χ0v) is 13.9. The largest absolute Gasteiger partial charge is 0.497 e. The van der Waals surface area contributed by atoms with Crippen molar-refractivity contribution in [3.8, 4) is 5.75 Å². The van der Waals surface area contributed by atoms with Gasteiger partial charge in [0.05, 0.1) is 12.8 Å². The van der Waals surface area contributed by atoms with E-state index in [1.807, 2.05) is 30.5 Å². The molecule has 0 radical (unpaired) electrons. The number of hydrogen-bond acceptors (Lipinski definition) is 6. The van der Waals surface area contributed by atoms with E-state index in [9.17, 15) is 4.79 Å². The zero-order valence-electron chi connectivity index (χ0n) is 13.1. The van der Waals surface area contributed by atoms with Crippen molar-refractivity contribution in [2.75, 3.05) is 25.6 Å². The van der Waals surface area contributed by atoms with Gasteiger partial charge in [-0.05, 0) is 24.0 Å². The Balaban J connectivity index is 1.83. The highest BCUT2D eigenvalue weighted by atomic mass is 32.2. The molecule has 1 aromatic carbocycles. The van der Waals surface area contributed by atoms with Crippen molar-refractivity contribution in [3.05, 3.63) is 41.1 Å². The number of carbonyl (C=O) groups is 1. The lowest BCUT2D eigenvalue weighted by molar-refractivity contribution is 0.0725. The first-order valence-corrected chi connectivity index (χ1v) is 8.47. The molecule has 0 fully saturated rings. The number of nitrogen functional groups attached to an aromatic ring is 1. The molecule has 1 aromatic heterocycles. The van der Waals surface area contributed by atoms with Gasteiger partial charge in [-0.15, -0.1) is 0 Å². The topological polar surface area (TPSA) is 81.3 Å². The first-order valence-electron chi connectivity index (χ1n) is 7.25. The lowest BCUT2D eigenvalue weighted by Gasteiger charge is -2.28. The summed E-state index contributed by atoms with van der Waals surface area (Å²) >= 11 is 1.42. The number of nitrogens with two attached hydrogens (primary N) is 1. The minimum Gasteiger partial charge on any atom is -0.497 e. The second-order valence-electron chi connectivity index (χ2n) is 5.24. The predicted molar refractivity (Wildman–Crippen MR) is 89.7 cm³/mol. The van der Waals surface area contributed by atoms with Crippen LogP contribution in [0.15, 0.2) is 29.4 Å². The molecular formula is C16H18N4O2S.